The topological polar surface area (TPSA) is 58.2 Å². The smallest absolute Gasteiger partial charge is 0.0701 e. The van der Waals surface area contributed by atoms with E-state index in [-0.39, 0.29) is 0 Å². The quantitative estimate of drug-likeness (QED) is 0.363. The molecule has 0 amide bonds. The third kappa shape index (κ3) is 21.8. The maximum Gasteiger partial charge on any atom is 0.0701 e. The molecule has 0 heterocycles. The zero-order valence-electron chi connectivity index (χ0n) is 15.3. The van der Waals surface area contributed by atoms with Crippen LogP contribution in [0.25, 0.3) is 0 Å². The Morgan fingerprint density at radius 2 is 1.00 bits per heavy atom. The number of hydrogen-bond donors (Lipinski definition) is 1. The van der Waals surface area contributed by atoms with Gasteiger partial charge in [-0.2, -0.15) is 0 Å². The third-order valence-electron chi connectivity index (χ3n) is 3.05. The standard InChI is InChI=1S/C17H37NO5/c1-17(2)5-4-7-19-9-11-21-13-15-23-16-14-22-12-10-20-8-6-18-3/h17-18H,4-16H2,1-3H3. The van der Waals surface area contributed by atoms with E-state index in [0.29, 0.717) is 52.9 Å². The predicted octanol–water partition coefficient (Wildman–Crippen LogP) is 1.72. The highest BCUT2D eigenvalue weighted by molar-refractivity contribution is 4.44. The Hall–Kier alpha value is -0.240. The number of rotatable bonds is 19. The fourth-order valence-corrected chi connectivity index (χ4v) is 1.75. The first-order chi connectivity index (χ1) is 11.3. The Labute approximate surface area is 142 Å². The molecule has 0 bridgehead atoms. The summed E-state index contributed by atoms with van der Waals surface area (Å²) in [5, 5.41) is 3.02. The van der Waals surface area contributed by atoms with Crippen molar-refractivity contribution < 1.29 is 23.7 Å². The Morgan fingerprint density at radius 3 is 1.39 bits per heavy atom. The molecular formula is C17H37NO5. The molecule has 0 spiro atoms. The zero-order valence-corrected chi connectivity index (χ0v) is 15.3. The van der Waals surface area contributed by atoms with Gasteiger partial charge in [0, 0.05) is 13.2 Å². The van der Waals surface area contributed by atoms with E-state index in [9.17, 15) is 0 Å². The molecule has 0 fully saturated rings. The summed E-state index contributed by atoms with van der Waals surface area (Å²) in [6, 6.07) is 0. The zero-order chi connectivity index (χ0) is 17.0. The average molecular weight is 335 g/mol. The molecule has 0 aromatic heterocycles. The third-order valence-corrected chi connectivity index (χ3v) is 3.05. The SMILES string of the molecule is CNCCOCCOCCOCCOCCOCCCC(C)C. The Morgan fingerprint density at radius 1 is 0.609 bits per heavy atom. The molecular weight excluding hydrogens is 298 g/mol. The lowest BCUT2D eigenvalue weighted by Crippen LogP contribution is -2.17. The average Bonchev–Trinajstić information content (AvgIpc) is 2.53. The highest BCUT2D eigenvalue weighted by Crippen LogP contribution is 2.02. The lowest BCUT2D eigenvalue weighted by molar-refractivity contribution is -0.0110. The Kier molecular flexibility index (Phi) is 19.6. The lowest BCUT2D eigenvalue weighted by atomic mass is 10.1. The van der Waals surface area contributed by atoms with Gasteiger partial charge in [-0.05, 0) is 25.8 Å². The summed E-state index contributed by atoms with van der Waals surface area (Å²) in [6.45, 7) is 11.8. The van der Waals surface area contributed by atoms with E-state index in [1.165, 1.54) is 6.42 Å². The number of ether oxygens (including phenoxy) is 5. The molecule has 0 aliphatic carbocycles. The van der Waals surface area contributed by atoms with Gasteiger partial charge < -0.3 is 29.0 Å². The summed E-state index contributed by atoms with van der Waals surface area (Å²) in [5.41, 5.74) is 0. The molecule has 23 heavy (non-hydrogen) atoms. The Balaban J connectivity index is 2.95. The fourth-order valence-electron chi connectivity index (χ4n) is 1.75. The first-order valence-electron chi connectivity index (χ1n) is 8.80. The van der Waals surface area contributed by atoms with Crippen molar-refractivity contribution in [3.05, 3.63) is 0 Å². The van der Waals surface area contributed by atoms with Gasteiger partial charge in [0.15, 0.2) is 0 Å². The van der Waals surface area contributed by atoms with Gasteiger partial charge >= 0.3 is 0 Å². The minimum atomic E-state index is 0.589. The van der Waals surface area contributed by atoms with Crippen LogP contribution in [0.2, 0.25) is 0 Å². The Bertz CT molecular complexity index is 217. The fraction of sp³-hybridized carbons (Fsp3) is 1.00. The van der Waals surface area contributed by atoms with E-state index in [0.717, 1.165) is 32.1 Å². The first kappa shape index (κ1) is 22.8. The molecule has 6 nitrogen and oxygen atoms in total. The van der Waals surface area contributed by atoms with Crippen LogP contribution in [-0.4, -0.2) is 79.7 Å². The minimum absolute atomic E-state index is 0.589. The summed E-state index contributed by atoms with van der Waals surface area (Å²) in [4.78, 5) is 0. The highest BCUT2D eigenvalue weighted by atomic mass is 16.6. The lowest BCUT2D eigenvalue weighted by Gasteiger charge is -2.08. The van der Waals surface area contributed by atoms with Crippen molar-refractivity contribution in [2.24, 2.45) is 5.92 Å². The molecule has 0 radical (unpaired) electrons. The summed E-state index contributed by atoms with van der Waals surface area (Å²) in [5.74, 6) is 0.752. The van der Waals surface area contributed by atoms with Crippen molar-refractivity contribution in [1.82, 2.24) is 5.32 Å². The van der Waals surface area contributed by atoms with Crippen molar-refractivity contribution in [3.8, 4) is 0 Å². The second-order valence-electron chi connectivity index (χ2n) is 5.70. The summed E-state index contributed by atoms with van der Waals surface area (Å²) in [6.07, 6.45) is 2.35. The predicted molar refractivity (Wildman–Crippen MR) is 92.1 cm³/mol. The van der Waals surface area contributed by atoms with Crippen LogP contribution in [0.1, 0.15) is 26.7 Å². The van der Waals surface area contributed by atoms with Crippen LogP contribution in [0.5, 0.6) is 0 Å². The molecule has 0 saturated heterocycles. The molecule has 0 aliphatic rings. The maximum atomic E-state index is 5.49. The van der Waals surface area contributed by atoms with Crippen molar-refractivity contribution in [2.75, 3.05) is 79.7 Å². The van der Waals surface area contributed by atoms with Crippen LogP contribution >= 0.6 is 0 Å². The second-order valence-corrected chi connectivity index (χ2v) is 5.70. The molecule has 0 unspecified atom stereocenters. The van der Waals surface area contributed by atoms with E-state index in [1.54, 1.807) is 0 Å². The van der Waals surface area contributed by atoms with Crippen LogP contribution in [0.4, 0.5) is 0 Å². The van der Waals surface area contributed by atoms with Gasteiger partial charge in [0.05, 0.1) is 59.5 Å². The van der Waals surface area contributed by atoms with Crippen molar-refractivity contribution in [3.63, 3.8) is 0 Å². The van der Waals surface area contributed by atoms with Gasteiger partial charge in [-0.25, -0.2) is 0 Å². The van der Waals surface area contributed by atoms with Gasteiger partial charge in [0.2, 0.25) is 0 Å². The van der Waals surface area contributed by atoms with E-state index in [2.05, 4.69) is 19.2 Å². The normalized spacial score (nSPS) is 11.5. The first-order valence-corrected chi connectivity index (χ1v) is 8.80. The second kappa shape index (κ2) is 19.8. The van der Waals surface area contributed by atoms with Crippen LogP contribution in [0.15, 0.2) is 0 Å². The number of nitrogens with one attached hydrogen (secondary N) is 1. The summed E-state index contributed by atoms with van der Waals surface area (Å²) >= 11 is 0. The molecule has 0 rings (SSSR count). The molecule has 0 aliphatic heterocycles. The van der Waals surface area contributed by atoms with Crippen LogP contribution in [0.3, 0.4) is 0 Å². The maximum absolute atomic E-state index is 5.49. The van der Waals surface area contributed by atoms with E-state index in [1.807, 2.05) is 7.05 Å². The molecule has 140 valence electrons. The molecule has 6 heteroatoms. The number of likely N-dealkylation sites (N-methyl/N-ethyl adjacent to an activating group) is 1. The molecule has 0 aromatic carbocycles. The largest absolute Gasteiger partial charge is 0.379 e. The molecule has 0 aromatic rings. The monoisotopic (exact) mass is 335 g/mol. The van der Waals surface area contributed by atoms with Gasteiger partial charge in [-0.15, -0.1) is 0 Å². The van der Waals surface area contributed by atoms with Crippen molar-refractivity contribution >= 4 is 0 Å². The van der Waals surface area contributed by atoms with Crippen LogP contribution in [0, 0.1) is 5.92 Å². The minimum Gasteiger partial charge on any atom is -0.379 e. The van der Waals surface area contributed by atoms with Gasteiger partial charge in [0.25, 0.3) is 0 Å². The molecule has 0 atom stereocenters. The van der Waals surface area contributed by atoms with E-state index in [4.69, 9.17) is 23.7 Å². The summed E-state index contributed by atoms with van der Waals surface area (Å²) < 4.78 is 27.0. The van der Waals surface area contributed by atoms with Crippen LogP contribution in [-0.2, 0) is 23.7 Å². The molecule has 0 saturated carbocycles. The summed E-state index contributed by atoms with van der Waals surface area (Å²) in [7, 11) is 1.90. The highest BCUT2D eigenvalue weighted by Gasteiger charge is 1.95. The van der Waals surface area contributed by atoms with Gasteiger partial charge in [0.1, 0.15) is 0 Å². The molecule has 1 N–H and O–H groups in total. The number of hydrogen-bond acceptors (Lipinski definition) is 6. The van der Waals surface area contributed by atoms with E-state index >= 15 is 0 Å². The van der Waals surface area contributed by atoms with Gasteiger partial charge in [-0.1, -0.05) is 13.8 Å². The van der Waals surface area contributed by atoms with Crippen molar-refractivity contribution in [2.45, 2.75) is 26.7 Å². The van der Waals surface area contributed by atoms with Crippen LogP contribution < -0.4 is 5.32 Å². The van der Waals surface area contributed by atoms with E-state index < -0.39 is 0 Å². The van der Waals surface area contributed by atoms with Gasteiger partial charge in [-0.3, -0.25) is 0 Å². The van der Waals surface area contributed by atoms with Crippen molar-refractivity contribution in [1.29, 1.82) is 0 Å².